The quantitative estimate of drug-likeness (QED) is 0.403. The van der Waals surface area contributed by atoms with Crippen LogP contribution in [0.4, 0.5) is 16.0 Å². The van der Waals surface area contributed by atoms with Gasteiger partial charge < -0.3 is 14.8 Å². The van der Waals surface area contributed by atoms with Crippen molar-refractivity contribution in [2.75, 3.05) is 23.8 Å². The molecular weight excluding hydrogens is 503 g/mol. The molecule has 1 aliphatic rings. The van der Waals surface area contributed by atoms with E-state index in [1.54, 1.807) is 20.8 Å². The molecule has 1 fully saturated rings. The summed E-state index contributed by atoms with van der Waals surface area (Å²) in [5.74, 6) is -0.846. The highest BCUT2D eigenvalue weighted by Gasteiger charge is 2.37. The summed E-state index contributed by atoms with van der Waals surface area (Å²) in [7, 11) is -2.18. The Hall–Kier alpha value is -3.87. The van der Waals surface area contributed by atoms with E-state index in [0.717, 1.165) is 6.07 Å². The number of hydrogen-bond donors (Lipinski definition) is 2. The summed E-state index contributed by atoms with van der Waals surface area (Å²) in [5, 5.41) is 2.23. The van der Waals surface area contributed by atoms with E-state index in [-0.39, 0.29) is 40.2 Å². The zero-order valence-electron chi connectivity index (χ0n) is 20.8. The van der Waals surface area contributed by atoms with E-state index in [0.29, 0.717) is 19.4 Å². The lowest BCUT2D eigenvalue weighted by Crippen LogP contribution is -2.36. The molecule has 0 radical (unpaired) electrons. The van der Waals surface area contributed by atoms with Crippen molar-refractivity contribution in [3.63, 3.8) is 0 Å². The van der Waals surface area contributed by atoms with Crippen LogP contribution in [0.3, 0.4) is 0 Å². The van der Waals surface area contributed by atoms with E-state index >= 15 is 4.39 Å². The molecule has 2 aromatic heterocycles. The number of nitrogens with zero attached hydrogens (tertiary/aromatic N) is 4. The monoisotopic (exact) mass is 530 g/mol. The Morgan fingerprint density at radius 3 is 2.65 bits per heavy atom. The number of amides is 1. The van der Waals surface area contributed by atoms with Gasteiger partial charge in [-0.25, -0.2) is 27.8 Å². The molecule has 0 saturated heterocycles. The number of aromatic nitrogens is 4. The van der Waals surface area contributed by atoms with Crippen LogP contribution in [0.1, 0.15) is 39.3 Å². The summed E-state index contributed by atoms with van der Waals surface area (Å²) >= 11 is 0. The number of methoxy groups -OCH3 is 1. The fourth-order valence-electron chi connectivity index (χ4n) is 3.45. The predicted octanol–water partition coefficient (Wildman–Crippen LogP) is 3.30. The van der Waals surface area contributed by atoms with Gasteiger partial charge in [-0.3, -0.25) is 14.5 Å². The Morgan fingerprint density at radius 1 is 1.22 bits per heavy atom. The van der Waals surface area contributed by atoms with Gasteiger partial charge in [0.2, 0.25) is 27.8 Å². The van der Waals surface area contributed by atoms with Gasteiger partial charge in [0.05, 0.1) is 53.9 Å². The minimum absolute atomic E-state index is 0.0967. The molecule has 2 N–H and O–H groups in total. The first-order valence-electron chi connectivity index (χ1n) is 11.5. The van der Waals surface area contributed by atoms with Crippen LogP contribution in [0, 0.1) is 5.82 Å². The van der Waals surface area contributed by atoms with Gasteiger partial charge in [0.25, 0.3) is 0 Å². The molecule has 0 atom stereocenters. The number of hydrogen-bond acceptors (Lipinski definition) is 9. The second-order valence-electron chi connectivity index (χ2n) is 8.90. The van der Waals surface area contributed by atoms with Crippen molar-refractivity contribution in [1.82, 2.24) is 19.9 Å². The molecule has 4 rings (SSSR count). The summed E-state index contributed by atoms with van der Waals surface area (Å²) < 4.78 is 52.7. The first kappa shape index (κ1) is 26.2. The van der Waals surface area contributed by atoms with Crippen LogP contribution in [0.15, 0.2) is 36.8 Å². The van der Waals surface area contributed by atoms with Crippen molar-refractivity contribution in [3.8, 4) is 22.9 Å². The second kappa shape index (κ2) is 10.2. The number of rotatable bonds is 10. The van der Waals surface area contributed by atoms with Gasteiger partial charge in [-0.05, 0) is 45.7 Å². The maximum Gasteiger partial charge on any atom is 0.237 e. The highest BCUT2D eigenvalue weighted by atomic mass is 32.2. The molecule has 13 heteroatoms. The zero-order valence-corrected chi connectivity index (χ0v) is 21.6. The molecule has 1 aliphatic carbocycles. The van der Waals surface area contributed by atoms with Crippen LogP contribution >= 0.6 is 0 Å². The molecule has 2 heterocycles. The van der Waals surface area contributed by atoms with E-state index in [2.05, 4.69) is 30.0 Å². The van der Waals surface area contributed by atoms with Crippen molar-refractivity contribution in [1.29, 1.82) is 0 Å². The zero-order chi connectivity index (χ0) is 26.8. The third-order valence-electron chi connectivity index (χ3n) is 5.78. The number of nitrogens with one attached hydrogen (secondary N) is 2. The Morgan fingerprint density at radius 2 is 1.97 bits per heavy atom. The first-order valence-corrected chi connectivity index (χ1v) is 13.1. The fourth-order valence-corrected chi connectivity index (χ4v) is 4.73. The minimum atomic E-state index is -3.57. The molecule has 0 spiro atoms. The summed E-state index contributed by atoms with van der Waals surface area (Å²) in [4.78, 5) is 29.8. The van der Waals surface area contributed by atoms with Gasteiger partial charge in [0.15, 0.2) is 0 Å². The van der Waals surface area contributed by atoms with E-state index in [1.807, 2.05) is 0 Å². The average Bonchev–Trinajstić information content (AvgIpc) is 3.71. The van der Waals surface area contributed by atoms with Gasteiger partial charge in [0.1, 0.15) is 11.6 Å². The van der Waals surface area contributed by atoms with E-state index in [1.165, 1.54) is 37.8 Å². The van der Waals surface area contributed by atoms with Crippen LogP contribution in [0.5, 0.6) is 11.6 Å². The molecule has 11 nitrogen and oxygen atoms in total. The SMILES string of the molecule is CCOc1cncc(-c2cc(OC)c(NC(=O)C(C)(C)c3ccnc(NS(=O)(=O)C4CC4)n3)cc2F)n1. The van der Waals surface area contributed by atoms with Crippen molar-refractivity contribution in [2.24, 2.45) is 0 Å². The summed E-state index contributed by atoms with van der Waals surface area (Å²) in [6.07, 6.45) is 5.37. The standard InChI is InChI=1S/C24H27FN6O5S/c1-5-36-21-13-26-12-18(28-21)15-10-19(35-4)17(11-16(15)25)29-22(32)24(2,3)20-8-9-27-23(30-20)31-37(33,34)14-6-7-14/h8-14H,5-7H2,1-4H3,(H,29,32)(H,27,30,31). The number of carbonyl (C=O) groups is 1. The number of sulfonamides is 1. The predicted molar refractivity (Wildman–Crippen MR) is 134 cm³/mol. The lowest BCUT2D eigenvalue weighted by atomic mass is 9.88. The van der Waals surface area contributed by atoms with Crippen LogP contribution in [-0.4, -0.2) is 53.2 Å². The summed E-state index contributed by atoms with van der Waals surface area (Å²) in [6.45, 7) is 5.39. The van der Waals surface area contributed by atoms with Crippen molar-refractivity contribution >= 4 is 27.6 Å². The van der Waals surface area contributed by atoms with Gasteiger partial charge in [0, 0.05) is 17.8 Å². The number of ether oxygens (including phenoxy) is 2. The van der Waals surface area contributed by atoms with Gasteiger partial charge in [-0.1, -0.05) is 0 Å². The molecule has 0 aliphatic heterocycles. The van der Waals surface area contributed by atoms with Crippen molar-refractivity contribution in [3.05, 3.63) is 48.3 Å². The Balaban J connectivity index is 1.58. The van der Waals surface area contributed by atoms with Gasteiger partial charge in [-0.15, -0.1) is 0 Å². The first-order chi connectivity index (χ1) is 17.5. The number of anilines is 2. The largest absolute Gasteiger partial charge is 0.495 e. The molecule has 1 amide bonds. The normalized spacial score (nSPS) is 13.6. The highest BCUT2D eigenvalue weighted by Crippen LogP contribution is 2.35. The summed E-state index contributed by atoms with van der Waals surface area (Å²) in [6, 6.07) is 4.05. The fraction of sp³-hybridized carbons (Fsp3) is 0.375. The third kappa shape index (κ3) is 5.77. The van der Waals surface area contributed by atoms with E-state index < -0.39 is 32.4 Å². The lowest BCUT2D eigenvalue weighted by molar-refractivity contribution is -0.120. The highest BCUT2D eigenvalue weighted by molar-refractivity contribution is 7.93. The lowest BCUT2D eigenvalue weighted by Gasteiger charge is -2.24. The van der Waals surface area contributed by atoms with E-state index in [9.17, 15) is 13.2 Å². The molecule has 1 aromatic carbocycles. The number of carbonyl (C=O) groups excluding carboxylic acids is 1. The molecule has 3 aromatic rings. The number of benzene rings is 1. The molecule has 37 heavy (non-hydrogen) atoms. The molecule has 1 saturated carbocycles. The number of halogens is 1. The van der Waals surface area contributed by atoms with Crippen molar-refractivity contribution in [2.45, 2.75) is 44.3 Å². The average molecular weight is 531 g/mol. The maximum atomic E-state index is 15.1. The van der Waals surface area contributed by atoms with E-state index in [4.69, 9.17) is 9.47 Å². The van der Waals surface area contributed by atoms with Crippen LogP contribution in [0.2, 0.25) is 0 Å². The molecule has 0 unspecified atom stereocenters. The third-order valence-corrected chi connectivity index (χ3v) is 7.59. The molecular formula is C24H27FN6O5S. The Kier molecular flexibility index (Phi) is 7.25. The second-order valence-corrected chi connectivity index (χ2v) is 10.9. The van der Waals surface area contributed by atoms with Gasteiger partial charge in [-0.2, -0.15) is 0 Å². The summed E-state index contributed by atoms with van der Waals surface area (Å²) in [5.41, 5.74) is -0.513. The topological polar surface area (TPSA) is 145 Å². The van der Waals surface area contributed by atoms with Gasteiger partial charge >= 0.3 is 0 Å². The van der Waals surface area contributed by atoms with Crippen LogP contribution < -0.4 is 19.5 Å². The van der Waals surface area contributed by atoms with Crippen LogP contribution in [0.25, 0.3) is 11.3 Å². The Bertz CT molecular complexity index is 1430. The smallest absolute Gasteiger partial charge is 0.237 e. The van der Waals surface area contributed by atoms with Crippen LogP contribution in [-0.2, 0) is 20.2 Å². The Labute approximate surface area is 213 Å². The molecule has 0 bridgehead atoms. The molecule has 196 valence electrons. The minimum Gasteiger partial charge on any atom is -0.495 e. The maximum absolute atomic E-state index is 15.1. The van der Waals surface area contributed by atoms with Crippen molar-refractivity contribution < 1.29 is 27.1 Å².